The molecule has 0 heterocycles. The Hall–Kier alpha value is -3.35. The predicted molar refractivity (Wildman–Crippen MR) is 96.8 cm³/mol. The molecule has 0 bridgehead atoms. The van der Waals surface area contributed by atoms with Crippen LogP contribution in [0, 0.1) is 0 Å². The van der Waals surface area contributed by atoms with Crippen LogP contribution in [-0.2, 0) is 9.53 Å². The summed E-state index contributed by atoms with van der Waals surface area (Å²) in [6, 6.07) is 11.1. The van der Waals surface area contributed by atoms with E-state index < -0.39 is 19.2 Å². The lowest BCUT2D eigenvalue weighted by Gasteiger charge is -2.11. The lowest BCUT2D eigenvalue weighted by Crippen LogP contribution is -2.19. The van der Waals surface area contributed by atoms with Crippen molar-refractivity contribution in [3.05, 3.63) is 53.6 Å². The van der Waals surface area contributed by atoms with Crippen molar-refractivity contribution < 1.29 is 33.3 Å². The summed E-state index contributed by atoms with van der Waals surface area (Å²) in [5.74, 6) is 0.0904. The maximum absolute atomic E-state index is 12.0. The third-order valence-corrected chi connectivity index (χ3v) is 3.69. The van der Waals surface area contributed by atoms with Gasteiger partial charge in [-0.05, 0) is 49.4 Å². The molecule has 7 heteroatoms. The average molecular weight is 372 g/mol. The third-order valence-electron chi connectivity index (χ3n) is 3.69. The van der Waals surface area contributed by atoms with Crippen molar-refractivity contribution in [3.8, 4) is 17.2 Å². The van der Waals surface area contributed by atoms with Gasteiger partial charge in [-0.1, -0.05) is 0 Å². The fraction of sp³-hybridized carbons (Fsp3) is 0.250. The highest BCUT2D eigenvalue weighted by atomic mass is 16.6. The van der Waals surface area contributed by atoms with Gasteiger partial charge in [-0.3, -0.25) is 9.59 Å². The average Bonchev–Trinajstić information content (AvgIpc) is 2.70. The molecule has 0 N–H and O–H groups in total. The van der Waals surface area contributed by atoms with E-state index >= 15 is 0 Å². The first kappa shape index (κ1) is 20.0. The van der Waals surface area contributed by atoms with Crippen LogP contribution in [0.25, 0.3) is 0 Å². The van der Waals surface area contributed by atoms with Gasteiger partial charge in [0, 0.05) is 11.1 Å². The zero-order valence-electron chi connectivity index (χ0n) is 15.3. The molecule has 2 aromatic rings. The fourth-order valence-electron chi connectivity index (χ4n) is 2.19. The Morgan fingerprint density at radius 3 is 2.07 bits per heavy atom. The Kier molecular flexibility index (Phi) is 6.93. The monoisotopic (exact) mass is 372 g/mol. The first-order valence-electron chi connectivity index (χ1n) is 8.09. The van der Waals surface area contributed by atoms with Crippen molar-refractivity contribution in [2.75, 3.05) is 27.4 Å². The predicted octanol–water partition coefficient (Wildman–Crippen LogP) is 2.71. The minimum atomic E-state index is -0.699. The van der Waals surface area contributed by atoms with Crippen LogP contribution in [0.4, 0.5) is 0 Å². The molecule has 0 aliphatic heterocycles. The molecular weight excluding hydrogens is 352 g/mol. The molecular formula is C20H20O7. The number of hydrogen-bond acceptors (Lipinski definition) is 7. The Bertz CT molecular complexity index is 825. The van der Waals surface area contributed by atoms with Crippen LogP contribution >= 0.6 is 0 Å². The quantitative estimate of drug-likeness (QED) is 0.494. The molecule has 0 aliphatic carbocycles. The number of rotatable bonds is 9. The SMILES string of the molecule is COc1ccc(C(=O)COC(=O)COc2ccc(C(C)=O)cc2OC)cc1. The molecule has 0 fully saturated rings. The van der Waals surface area contributed by atoms with Crippen LogP contribution in [0.5, 0.6) is 17.2 Å². The summed E-state index contributed by atoms with van der Waals surface area (Å²) < 4.78 is 20.5. The molecule has 0 atom stereocenters. The Morgan fingerprint density at radius 2 is 1.48 bits per heavy atom. The van der Waals surface area contributed by atoms with Crippen LogP contribution in [0.15, 0.2) is 42.5 Å². The molecule has 0 aliphatic rings. The summed E-state index contributed by atoms with van der Waals surface area (Å²) in [5.41, 5.74) is 0.873. The van der Waals surface area contributed by atoms with Gasteiger partial charge >= 0.3 is 5.97 Å². The summed E-state index contributed by atoms with van der Waals surface area (Å²) in [4.78, 5) is 35.2. The Balaban J connectivity index is 1.87. The standard InChI is InChI=1S/C20H20O7/c1-13(21)15-6-9-18(19(10-15)25-3)26-12-20(23)27-11-17(22)14-4-7-16(24-2)8-5-14/h4-10H,11-12H2,1-3H3. The highest BCUT2D eigenvalue weighted by Crippen LogP contribution is 2.28. The Labute approximate surface area is 156 Å². The van der Waals surface area contributed by atoms with E-state index in [9.17, 15) is 14.4 Å². The van der Waals surface area contributed by atoms with Crippen LogP contribution in [-0.4, -0.2) is 45.0 Å². The summed E-state index contributed by atoms with van der Waals surface area (Å²) in [6.45, 7) is 0.646. The van der Waals surface area contributed by atoms with Crippen LogP contribution in [0.2, 0.25) is 0 Å². The number of ketones is 2. The summed E-state index contributed by atoms with van der Waals surface area (Å²) in [5, 5.41) is 0. The Morgan fingerprint density at radius 1 is 0.815 bits per heavy atom. The first-order chi connectivity index (χ1) is 12.9. The smallest absolute Gasteiger partial charge is 0.344 e. The molecule has 2 aromatic carbocycles. The molecule has 0 unspecified atom stereocenters. The summed E-state index contributed by atoms with van der Waals surface area (Å²) >= 11 is 0. The fourth-order valence-corrected chi connectivity index (χ4v) is 2.19. The zero-order chi connectivity index (χ0) is 19.8. The second-order valence-electron chi connectivity index (χ2n) is 5.52. The van der Waals surface area contributed by atoms with Crippen molar-refractivity contribution >= 4 is 17.5 Å². The van der Waals surface area contributed by atoms with Gasteiger partial charge in [0.15, 0.2) is 36.3 Å². The second-order valence-corrected chi connectivity index (χ2v) is 5.52. The first-order valence-corrected chi connectivity index (χ1v) is 8.09. The van der Waals surface area contributed by atoms with E-state index in [1.807, 2.05) is 0 Å². The van der Waals surface area contributed by atoms with E-state index in [-0.39, 0.29) is 11.6 Å². The van der Waals surface area contributed by atoms with Crippen molar-refractivity contribution in [2.24, 2.45) is 0 Å². The van der Waals surface area contributed by atoms with Crippen LogP contribution < -0.4 is 14.2 Å². The van der Waals surface area contributed by atoms with Gasteiger partial charge in [0.05, 0.1) is 14.2 Å². The van der Waals surface area contributed by atoms with Gasteiger partial charge in [-0.15, -0.1) is 0 Å². The molecule has 7 nitrogen and oxygen atoms in total. The van der Waals surface area contributed by atoms with Crippen LogP contribution in [0.3, 0.4) is 0 Å². The zero-order valence-corrected chi connectivity index (χ0v) is 15.3. The molecule has 0 aromatic heterocycles. The molecule has 0 spiro atoms. The number of carbonyl (C=O) groups excluding carboxylic acids is 3. The van der Waals surface area contributed by atoms with Gasteiger partial charge in [0.1, 0.15) is 5.75 Å². The van der Waals surface area contributed by atoms with Crippen molar-refractivity contribution in [2.45, 2.75) is 6.92 Å². The number of benzene rings is 2. The normalized spacial score (nSPS) is 10.0. The molecule has 0 radical (unpaired) electrons. The van der Waals surface area contributed by atoms with E-state index in [0.29, 0.717) is 28.4 Å². The molecule has 0 saturated carbocycles. The largest absolute Gasteiger partial charge is 0.497 e. The highest BCUT2D eigenvalue weighted by Gasteiger charge is 2.13. The summed E-state index contributed by atoms with van der Waals surface area (Å²) in [6.07, 6.45) is 0. The van der Waals surface area contributed by atoms with E-state index in [4.69, 9.17) is 18.9 Å². The maximum Gasteiger partial charge on any atom is 0.344 e. The number of esters is 1. The summed E-state index contributed by atoms with van der Waals surface area (Å²) in [7, 11) is 2.96. The van der Waals surface area contributed by atoms with Gasteiger partial charge in [-0.2, -0.15) is 0 Å². The lowest BCUT2D eigenvalue weighted by atomic mass is 10.1. The minimum Gasteiger partial charge on any atom is -0.497 e. The van der Waals surface area contributed by atoms with Gasteiger partial charge in [0.25, 0.3) is 0 Å². The highest BCUT2D eigenvalue weighted by molar-refractivity contribution is 5.98. The van der Waals surface area contributed by atoms with Crippen molar-refractivity contribution in [3.63, 3.8) is 0 Å². The molecule has 0 amide bonds. The molecule has 2 rings (SSSR count). The maximum atomic E-state index is 12.0. The van der Waals surface area contributed by atoms with E-state index in [2.05, 4.69) is 0 Å². The van der Waals surface area contributed by atoms with E-state index in [0.717, 1.165) is 0 Å². The van der Waals surface area contributed by atoms with Gasteiger partial charge < -0.3 is 18.9 Å². The van der Waals surface area contributed by atoms with Crippen molar-refractivity contribution in [1.29, 1.82) is 0 Å². The number of ether oxygens (including phenoxy) is 4. The minimum absolute atomic E-state index is 0.115. The topological polar surface area (TPSA) is 88.1 Å². The molecule has 27 heavy (non-hydrogen) atoms. The molecule has 0 saturated heterocycles. The number of methoxy groups -OCH3 is 2. The van der Waals surface area contributed by atoms with E-state index in [1.165, 1.54) is 33.3 Å². The van der Waals surface area contributed by atoms with Crippen molar-refractivity contribution in [1.82, 2.24) is 0 Å². The third kappa shape index (κ3) is 5.57. The number of hydrogen-bond donors (Lipinski definition) is 0. The number of carbonyl (C=O) groups is 3. The second kappa shape index (κ2) is 9.38. The number of Topliss-reactive ketones (excluding diaryl/α,β-unsaturated/α-hetero) is 2. The van der Waals surface area contributed by atoms with Gasteiger partial charge in [0.2, 0.25) is 0 Å². The van der Waals surface area contributed by atoms with E-state index in [1.54, 1.807) is 30.3 Å². The lowest BCUT2D eigenvalue weighted by molar-refractivity contribution is -0.144. The van der Waals surface area contributed by atoms with Crippen LogP contribution in [0.1, 0.15) is 27.6 Å². The van der Waals surface area contributed by atoms with Gasteiger partial charge in [-0.25, -0.2) is 4.79 Å². The molecule has 142 valence electrons.